The van der Waals surface area contributed by atoms with Crippen LogP contribution >= 0.6 is 11.6 Å². The minimum Gasteiger partial charge on any atom is -0.450 e. The molecule has 2 bridgehead atoms. The summed E-state index contributed by atoms with van der Waals surface area (Å²) in [5, 5.41) is 18.1. The molecular weight excluding hydrogens is 605 g/mol. The van der Waals surface area contributed by atoms with E-state index < -0.39 is 5.82 Å². The highest BCUT2D eigenvalue weighted by Crippen LogP contribution is 2.68. The van der Waals surface area contributed by atoms with Gasteiger partial charge in [-0.3, -0.25) is 9.69 Å². The van der Waals surface area contributed by atoms with Gasteiger partial charge in [-0.2, -0.15) is 5.26 Å². The molecule has 2 N–H and O–H groups in total. The molecule has 0 atom stereocenters. The van der Waals surface area contributed by atoms with Gasteiger partial charge in [-0.25, -0.2) is 14.4 Å². The number of hydrogen-bond acceptors (Lipinski definition) is 7. The quantitative estimate of drug-likeness (QED) is 0.198. The average Bonchev–Trinajstić information content (AvgIpc) is 3.37. The molecule has 3 heterocycles. The van der Waals surface area contributed by atoms with E-state index in [4.69, 9.17) is 16.3 Å². The first-order valence-electron chi connectivity index (χ1n) is 15.9. The molecule has 2 aromatic heterocycles. The zero-order valence-corrected chi connectivity index (χ0v) is 26.8. The van der Waals surface area contributed by atoms with Crippen LogP contribution in [0.15, 0.2) is 48.9 Å². The Morgan fingerprint density at radius 2 is 1.96 bits per heavy atom. The van der Waals surface area contributed by atoms with Gasteiger partial charge in [-0.1, -0.05) is 24.6 Å². The number of carbonyl (C=O) groups is 1. The predicted molar refractivity (Wildman–Crippen MR) is 174 cm³/mol. The predicted octanol–water partition coefficient (Wildman–Crippen LogP) is 6.72. The molecule has 4 aliphatic rings. The molecule has 0 unspecified atom stereocenters. The second kappa shape index (κ2) is 11.9. The average molecular weight is 642 g/mol. The van der Waals surface area contributed by atoms with Gasteiger partial charge in [0.1, 0.15) is 29.7 Å². The summed E-state index contributed by atoms with van der Waals surface area (Å²) in [6, 6.07) is 13.1. The van der Waals surface area contributed by atoms with Gasteiger partial charge in [0, 0.05) is 55.1 Å². The second-order valence-electron chi connectivity index (χ2n) is 13.3. The first-order valence-corrected chi connectivity index (χ1v) is 16.3. The number of nitriles is 1. The zero-order chi connectivity index (χ0) is 32.1. The summed E-state index contributed by atoms with van der Waals surface area (Å²) in [6.45, 7) is 7.56. The van der Waals surface area contributed by atoms with Crippen LogP contribution in [0.3, 0.4) is 0 Å². The lowest BCUT2D eigenvalue weighted by atomic mass is 9.39. The van der Waals surface area contributed by atoms with Crippen molar-refractivity contribution in [1.29, 1.82) is 5.26 Å². The SMILES string of the molecule is CCC(=O)NC12CC(Cn3c(C#N)cc4c(C)c(CN5CCC(Nc6ncncc6Oc6ccc(F)cc6Cl)CC5)ccc43)(C1)C2. The van der Waals surface area contributed by atoms with Crippen LogP contribution in [0.1, 0.15) is 62.3 Å². The lowest BCUT2D eigenvalue weighted by Gasteiger charge is -2.70. The lowest BCUT2D eigenvalue weighted by Crippen LogP contribution is -2.75. The number of aromatic nitrogens is 3. The molecule has 3 aliphatic carbocycles. The van der Waals surface area contributed by atoms with E-state index >= 15 is 0 Å². The Kier molecular flexibility index (Phi) is 7.86. The highest BCUT2D eigenvalue weighted by Gasteiger charge is 2.68. The summed E-state index contributed by atoms with van der Waals surface area (Å²) in [7, 11) is 0. The number of rotatable bonds is 10. The number of fused-ring (bicyclic) bond motifs is 1. The van der Waals surface area contributed by atoms with E-state index in [1.54, 1.807) is 6.20 Å². The molecule has 2 aromatic carbocycles. The van der Waals surface area contributed by atoms with Crippen molar-refractivity contribution in [3.05, 3.63) is 76.6 Å². The molecule has 8 rings (SSSR count). The standard InChI is InChI=1S/C35H37ClFN7O2/c1-3-32(45)42-35-17-34(18-35,19-35)20-44-26(14-38)13-27-22(2)23(4-6-29(27)44)16-43-10-8-25(9-11-43)41-33-31(15-39-21-40-33)46-30-7-5-24(37)12-28(30)36/h4-7,12-13,15,21,25H,3,8-11,16-20H2,1-2H3,(H,42,45)(H,39,40,41). The smallest absolute Gasteiger partial charge is 0.220 e. The number of benzene rings is 2. The summed E-state index contributed by atoms with van der Waals surface area (Å²) in [5.74, 6) is 1.04. The molecule has 46 heavy (non-hydrogen) atoms. The molecule has 1 aliphatic heterocycles. The molecule has 4 aromatic rings. The molecule has 1 saturated heterocycles. The minimum atomic E-state index is -0.429. The third-order valence-electron chi connectivity index (χ3n) is 10.1. The third-order valence-corrected chi connectivity index (χ3v) is 10.4. The number of halogens is 2. The number of piperidine rings is 1. The molecular formula is C35H37ClFN7O2. The molecule has 11 heteroatoms. The summed E-state index contributed by atoms with van der Waals surface area (Å²) in [6.07, 6.45) is 8.40. The van der Waals surface area contributed by atoms with E-state index in [2.05, 4.69) is 55.2 Å². The summed E-state index contributed by atoms with van der Waals surface area (Å²) in [5.41, 5.74) is 4.47. The first kappa shape index (κ1) is 30.5. The number of nitrogens with zero attached hydrogens (tertiary/aromatic N) is 5. The van der Waals surface area contributed by atoms with Gasteiger partial charge >= 0.3 is 0 Å². The maximum Gasteiger partial charge on any atom is 0.220 e. The highest BCUT2D eigenvalue weighted by atomic mass is 35.5. The molecule has 0 radical (unpaired) electrons. The van der Waals surface area contributed by atoms with Crippen LogP contribution in [0, 0.1) is 29.5 Å². The van der Waals surface area contributed by atoms with E-state index in [0.717, 1.165) is 69.2 Å². The number of likely N-dealkylation sites (tertiary alicyclic amines) is 1. The van der Waals surface area contributed by atoms with Gasteiger partial charge in [0.05, 0.1) is 11.2 Å². The maximum absolute atomic E-state index is 13.5. The third kappa shape index (κ3) is 5.67. The summed E-state index contributed by atoms with van der Waals surface area (Å²) >= 11 is 6.16. The van der Waals surface area contributed by atoms with Crippen LogP contribution in [0.2, 0.25) is 5.02 Å². The molecule has 4 fully saturated rings. The highest BCUT2D eigenvalue weighted by molar-refractivity contribution is 6.32. The number of nitrogens with one attached hydrogen (secondary N) is 2. The van der Waals surface area contributed by atoms with Crippen molar-refractivity contribution >= 4 is 34.2 Å². The van der Waals surface area contributed by atoms with Crippen molar-refractivity contribution in [1.82, 2.24) is 24.8 Å². The van der Waals surface area contributed by atoms with Crippen LogP contribution in [-0.4, -0.2) is 50.0 Å². The fourth-order valence-corrected chi connectivity index (χ4v) is 8.03. The van der Waals surface area contributed by atoms with E-state index in [1.807, 2.05) is 13.0 Å². The van der Waals surface area contributed by atoms with Gasteiger partial charge < -0.3 is 19.9 Å². The van der Waals surface area contributed by atoms with Crippen molar-refractivity contribution in [3.8, 4) is 17.6 Å². The second-order valence-corrected chi connectivity index (χ2v) is 13.7. The Bertz CT molecular complexity index is 1840. The molecule has 1 amide bonds. The molecule has 0 spiro atoms. The van der Waals surface area contributed by atoms with E-state index in [0.29, 0.717) is 29.4 Å². The number of amides is 1. The monoisotopic (exact) mass is 641 g/mol. The summed E-state index contributed by atoms with van der Waals surface area (Å²) < 4.78 is 21.6. The van der Waals surface area contributed by atoms with Crippen LogP contribution in [0.4, 0.5) is 10.2 Å². The number of ether oxygens (including phenoxy) is 1. The normalized spacial score (nSPS) is 22.5. The number of aryl methyl sites for hydroxylation is 1. The Morgan fingerprint density at radius 3 is 2.67 bits per heavy atom. The van der Waals surface area contributed by atoms with Crippen LogP contribution in [0.5, 0.6) is 11.5 Å². The van der Waals surface area contributed by atoms with Gasteiger partial charge in [0.2, 0.25) is 5.91 Å². The van der Waals surface area contributed by atoms with Gasteiger partial charge in [0.25, 0.3) is 0 Å². The van der Waals surface area contributed by atoms with Crippen LogP contribution in [-0.2, 0) is 17.9 Å². The molecule has 9 nitrogen and oxygen atoms in total. The summed E-state index contributed by atoms with van der Waals surface area (Å²) in [4.78, 5) is 22.9. The van der Waals surface area contributed by atoms with Crippen molar-refractivity contribution in [2.75, 3.05) is 18.4 Å². The fourth-order valence-electron chi connectivity index (χ4n) is 7.82. The Labute approximate surface area is 272 Å². The largest absolute Gasteiger partial charge is 0.450 e. The lowest BCUT2D eigenvalue weighted by molar-refractivity contribution is -0.171. The van der Waals surface area contributed by atoms with E-state index in [-0.39, 0.29) is 27.9 Å². The van der Waals surface area contributed by atoms with E-state index in [9.17, 15) is 14.4 Å². The van der Waals surface area contributed by atoms with Gasteiger partial charge in [0.15, 0.2) is 11.6 Å². The van der Waals surface area contributed by atoms with Crippen molar-refractivity contribution in [2.24, 2.45) is 5.41 Å². The van der Waals surface area contributed by atoms with Crippen molar-refractivity contribution < 1.29 is 13.9 Å². The minimum absolute atomic E-state index is 0.0158. The zero-order valence-electron chi connectivity index (χ0n) is 26.1. The fraction of sp³-hybridized carbons (Fsp3) is 0.429. The van der Waals surface area contributed by atoms with Gasteiger partial charge in [-0.15, -0.1) is 0 Å². The molecule has 238 valence electrons. The van der Waals surface area contributed by atoms with Crippen molar-refractivity contribution in [3.63, 3.8) is 0 Å². The van der Waals surface area contributed by atoms with Crippen molar-refractivity contribution in [2.45, 2.75) is 77.0 Å². The Hall–Kier alpha value is -4.20. The van der Waals surface area contributed by atoms with E-state index in [1.165, 1.54) is 35.7 Å². The number of carbonyl (C=O) groups excluding carboxylic acids is 1. The number of hydrogen-bond donors (Lipinski definition) is 2. The Morgan fingerprint density at radius 1 is 1.17 bits per heavy atom. The topological polar surface area (TPSA) is 108 Å². The van der Waals surface area contributed by atoms with Crippen LogP contribution < -0.4 is 15.4 Å². The van der Waals surface area contributed by atoms with Gasteiger partial charge in [-0.05, 0) is 85.9 Å². The maximum atomic E-state index is 13.5. The molecule has 3 saturated carbocycles. The Balaban J connectivity index is 0.978. The van der Waals surface area contributed by atoms with Crippen LogP contribution in [0.25, 0.3) is 10.9 Å². The first-order chi connectivity index (χ1) is 22.2. The number of anilines is 1.